The summed E-state index contributed by atoms with van der Waals surface area (Å²) in [5, 5.41) is 11.3. The predicted molar refractivity (Wildman–Crippen MR) is 186 cm³/mol. The highest BCUT2D eigenvalue weighted by Crippen LogP contribution is 2.36. The van der Waals surface area contributed by atoms with Crippen molar-refractivity contribution in [3.05, 3.63) is 83.9 Å². The first kappa shape index (κ1) is 33.5. The lowest BCUT2D eigenvalue weighted by atomic mass is 9.91. The zero-order chi connectivity index (χ0) is 32.0. The Morgan fingerprint density at radius 1 is 0.630 bits per heavy atom. The van der Waals surface area contributed by atoms with E-state index >= 15 is 0 Å². The molecule has 1 N–H and O–H groups in total. The number of carbonyl (C=O) groups is 1. The van der Waals surface area contributed by atoms with Gasteiger partial charge < -0.3 is 29.0 Å². The van der Waals surface area contributed by atoms with Crippen LogP contribution in [0.4, 0.5) is 0 Å². The van der Waals surface area contributed by atoms with Gasteiger partial charge in [0, 0.05) is 13.0 Å². The van der Waals surface area contributed by atoms with Crippen LogP contribution in [-0.4, -0.2) is 65.3 Å². The van der Waals surface area contributed by atoms with Gasteiger partial charge in [-0.1, -0.05) is 80.9 Å². The monoisotopic (exact) mass is 625 g/mol. The van der Waals surface area contributed by atoms with Gasteiger partial charge in [0.1, 0.15) is 13.2 Å². The second-order valence-electron chi connectivity index (χ2n) is 11.5. The van der Waals surface area contributed by atoms with Gasteiger partial charge in [0.15, 0.2) is 11.5 Å². The molecule has 1 amide bonds. The first-order valence-electron chi connectivity index (χ1n) is 16.7. The number of hydrogen-bond acceptors (Lipinski definition) is 6. The number of ether oxygens (including phenoxy) is 5. The number of fused-ring (bicyclic) bond motifs is 1. The molecule has 0 fully saturated rings. The lowest BCUT2D eigenvalue weighted by molar-refractivity contribution is -0.121. The summed E-state index contributed by atoms with van der Waals surface area (Å²) in [6.45, 7) is 8.97. The Morgan fingerprint density at radius 2 is 1.24 bits per heavy atom. The van der Waals surface area contributed by atoms with Crippen LogP contribution >= 0.6 is 0 Å². The van der Waals surface area contributed by atoms with E-state index < -0.39 is 0 Å². The second kappa shape index (κ2) is 17.7. The summed E-state index contributed by atoms with van der Waals surface area (Å²) >= 11 is 0. The molecule has 0 aliphatic carbocycles. The maximum atomic E-state index is 11.8. The highest BCUT2D eigenvalue weighted by atomic mass is 16.6. The predicted octanol–water partition coefficient (Wildman–Crippen LogP) is 7.50. The highest BCUT2D eigenvalue weighted by molar-refractivity contribution is 6.23. The van der Waals surface area contributed by atoms with Gasteiger partial charge >= 0.3 is 0 Å². The Bertz CT molecular complexity index is 1650. The summed E-state index contributed by atoms with van der Waals surface area (Å²) in [4.78, 5) is 11.8. The molecule has 0 unspecified atom stereocenters. The van der Waals surface area contributed by atoms with E-state index in [4.69, 9.17) is 23.7 Å². The molecule has 0 radical (unpaired) electrons. The molecule has 5 aromatic carbocycles. The molecule has 5 aromatic rings. The molecule has 0 saturated heterocycles. The normalized spacial score (nSPS) is 14.7. The third-order valence-corrected chi connectivity index (χ3v) is 8.07. The van der Waals surface area contributed by atoms with Crippen LogP contribution in [0.25, 0.3) is 32.3 Å². The van der Waals surface area contributed by atoms with Crippen molar-refractivity contribution in [1.82, 2.24) is 5.32 Å². The van der Waals surface area contributed by atoms with Gasteiger partial charge in [-0.05, 0) is 74.8 Å². The number of amides is 1. The first-order chi connectivity index (χ1) is 22.7. The van der Waals surface area contributed by atoms with Crippen molar-refractivity contribution in [3.63, 3.8) is 0 Å². The van der Waals surface area contributed by atoms with Gasteiger partial charge in [-0.2, -0.15) is 0 Å². The lowest BCUT2D eigenvalue weighted by Gasteiger charge is -2.14. The third kappa shape index (κ3) is 9.09. The maximum absolute atomic E-state index is 11.8. The van der Waals surface area contributed by atoms with E-state index in [1.165, 1.54) is 44.3 Å². The molecule has 244 valence electrons. The maximum Gasteiger partial charge on any atom is 0.220 e. The molecular formula is C39H47NO6. The van der Waals surface area contributed by atoms with Gasteiger partial charge in [-0.15, -0.1) is 0 Å². The number of aryl methyl sites for hydroxylation is 2. The van der Waals surface area contributed by atoms with Crippen molar-refractivity contribution in [2.24, 2.45) is 0 Å². The van der Waals surface area contributed by atoms with Crippen molar-refractivity contribution in [1.29, 1.82) is 0 Å². The van der Waals surface area contributed by atoms with Crippen LogP contribution in [0.5, 0.6) is 11.5 Å². The molecule has 6 rings (SSSR count). The molecule has 0 aromatic heterocycles. The topological polar surface area (TPSA) is 75.3 Å². The molecule has 0 spiro atoms. The van der Waals surface area contributed by atoms with Gasteiger partial charge in [0.2, 0.25) is 5.91 Å². The third-order valence-electron chi connectivity index (χ3n) is 8.07. The first-order valence-corrected chi connectivity index (χ1v) is 16.7. The number of carbonyl (C=O) groups excluding carboxylic acids is 1. The molecule has 0 atom stereocenters. The van der Waals surface area contributed by atoms with Crippen LogP contribution in [-0.2, 0) is 31.8 Å². The van der Waals surface area contributed by atoms with Crippen LogP contribution in [0.3, 0.4) is 0 Å². The molecule has 7 nitrogen and oxygen atoms in total. The van der Waals surface area contributed by atoms with Gasteiger partial charge in [0.05, 0.1) is 39.6 Å². The van der Waals surface area contributed by atoms with Crippen molar-refractivity contribution in [2.75, 3.05) is 59.4 Å². The Labute approximate surface area is 272 Å². The van der Waals surface area contributed by atoms with E-state index in [0.717, 1.165) is 18.4 Å². The SMILES string of the molecule is CCCNC(=O)CCc1ccc2c(c1)OCCOCCOCCOCCO2.CCCc1ccc2ccc3cccc4ccc1c2c34. The number of hydrogen-bond donors (Lipinski definition) is 1. The van der Waals surface area contributed by atoms with E-state index in [9.17, 15) is 4.79 Å². The van der Waals surface area contributed by atoms with Crippen molar-refractivity contribution in [2.45, 2.75) is 46.0 Å². The average molecular weight is 626 g/mol. The van der Waals surface area contributed by atoms with Gasteiger partial charge in [-0.25, -0.2) is 0 Å². The Hall–Kier alpha value is -3.91. The minimum absolute atomic E-state index is 0.0675. The van der Waals surface area contributed by atoms with Crippen molar-refractivity contribution >= 4 is 38.2 Å². The molecule has 1 aliphatic heterocycles. The summed E-state index contributed by atoms with van der Waals surface area (Å²) in [6.07, 6.45) is 4.41. The zero-order valence-corrected chi connectivity index (χ0v) is 27.3. The fourth-order valence-electron chi connectivity index (χ4n) is 5.80. The van der Waals surface area contributed by atoms with Crippen LogP contribution in [0, 0.1) is 0 Å². The van der Waals surface area contributed by atoms with Gasteiger partial charge in [0.25, 0.3) is 0 Å². The smallest absolute Gasteiger partial charge is 0.220 e. The summed E-state index contributed by atoms with van der Waals surface area (Å²) in [5.41, 5.74) is 2.51. The molecule has 1 aliphatic rings. The number of nitrogens with one attached hydrogen (secondary N) is 1. The molecule has 1 heterocycles. The number of benzene rings is 5. The van der Waals surface area contributed by atoms with E-state index in [-0.39, 0.29) is 5.91 Å². The van der Waals surface area contributed by atoms with Crippen LogP contribution in [0.2, 0.25) is 0 Å². The number of rotatable bonds is 7. The second-order valence-corrected chi connectivity index (χ2v) is 11.5. The largest absolute Gasteiger partial charge is 0.487 e. The fraction of sp³-hybridized carbons (Fsp3) is 0.410. The summed E-state index contributed by atoms with van der Waals surface area (Å²) < 4.78 is 28.0. The molecule has 0 bridgehead atoms. The van der Waals surface area contributed by atoms with E-state index in [1.54, 1.807) is 0 Å². The van der Waals surface area contributed by atoms with Crippen molar-refractivity contribution < 1.29 is 28.5 Å². The van der Waals surface area contributed by atoms with Crippen LogP contribution in [0.1, 0.15) is 44.2 Å². The Balaban J connectivity index is 0.000000191. The quantitative estimate of drug-likeness (QED) is 0.189. The zero-order valence-electron chi connectivity index (χ0n) is 27.3. The molecule has 46 heavy (non-hydrogen) atoms. The molecule has 0 saturated carbocycles. The molecule has 7 heteroatoms. The van der Waals surface area contributed by atoms with Crippen LogP contribution < -0.4 is 14.8 Å². The average Bonchev–Trinajstić information content (AvgIpc) is 3.09. The van der Waals surface area contributed by atoms with Gasteiger partial charge in [-0.3, -0.25) is 4.79 Å². The minimum Gasteiger partial charge on any atom is -0.487 e. The molecular weight excluding hydrogens is 578 g/mol. The fourth-order valence-corrected chi connectivity index (χ4v) is 5.80. The highest BCUT2D eigenvalue weighted by Gasteiger charge is 2.11. The Kier molecular flexibility index (Phi) is 12.9. The lowest BCUT2D eigenvalue weighted by Crippen LogP contribution is -2.24. The van der Waals surface area contributed by atoms with E-state index in [2.05, 4.69) is 66.8 Å². The van der Waals surface area contributed by atoms with Crippen molar-refractivity contribution in [3.8, 4) is 11.5 Å². The summed E-state index contributed by atoms with van der Waals surface area (Å²) in [5.74, 6) is 1.40. The van der Waals surface area contributed by atoms with E-state index in [0.29, 0.717) is 83.7 Å². The summed E-state index contributed by atoms with van der Waals surface area (Å²) in [6, 6.07) is 26.0. The minimum atomic E-state index is 0.0675. The van der Waals surface area contributed by atoms with E-state index in [1.807, 2.05) is 25.1 Å². The summed E-state index contributed by atoms with van der Waals surface area (Å²) in [7, 11) is 0. The van der Waals surface area contributed by atoms with Crippen LogP contribution in [0.15, 0.2) is 72.8 Å². The standard InChI is InChI=1S/C20H31NO6.C19H16/c1-2-7-21-20(22)6-4-17-3-5-18-19(16-17)27-15-13-25-11-9-23-8-10-24-12-14-26-18;1-2-4-13-7-8-16-10-9-14-5-3-6-15-11-12-17(13)19(16)18(14)15/h3,5,16H,2,4,6-15H2,1H3,(H,21,22);3,5-12H,2,4H2,1H3. The Morgan fingerprint density at radius 3 is 1.91 bits per heavy atom.